The van der Waals surface area contributed by atoms with Gasteiger partial charge in [-0.1, -0.05) is 19.3 Å². The Morgan fingerprint density at radius 3 is 2.82 bits per heavy atom. The Bertz CT molecular complexity index is 487. The maximum absolute atomic E-state index is 12.2. The zero-order valence-electron chi connectivity index (χ0n) is 13.1. The molecule has 22 heavy (non-hydrogen) atoms. The van der Waals surface area contributed by atoms with Gasteiger partial charge in [-0.25, -0.2) is 0 Å². The molecule has 2 rings (SSSR count). The summed E-state index contributed by atoms with van der Waals surface area (Å²) in [6.07, 6.45) is 7.54. The van der Waals surface area contributed by atoms with Crippen LogP contribution in [0.25, 0.3) is 0 Å². The van der Waals surface area contributed by atoms with Gasteiger partial charge in [0.1, 0.15) is 5.75 Å². The third-order valence-electron chi connectivity index (χ3n) is 3.93. The number of hydrogen-bond acceptors (Lipinski definition) is 3. The molecule has 0 saturated heterocycles. The van der Waals surface area contributed by atoms with Crippen LogP contribution in [0.3, 0.4) is 0 Å². The van der Waals surface area contributed by atoms with Crippen molar-refractivity contribution in [3.63, 3.8) is 0 Å². The number of rotatable bonds is 7. The molecule has 0 aromatic heterocycles. The molecule has 1 aromatic rings. The number of benzene rings is 1. The summed E-state index contributed by atoms with van der Waals surface area (Å²) in [5, 5.41) is 2.92. The zero-order valence-corrected chi connectivity index (χ0v) is 14.7. The minimum atomic E-state index is -0.0940. The molecule has 0 bridgehead atoms. The Kier molecular flexibility index (Phi) is 7.19. The van der Waals surface area contributed by atoms with Crippen LogP contribution >= 0.6 is 15.9 Å². The van der Waals surface area contributed by atoms with E-state index in [2.05, 4.69) is 21.2 Å². The highest BCUT2D eigenvalue weighted by Gasteiger charge is 2.14. The number of nitrogens with one attached hydrogen (secondary N) is 1. The van der Waals surface area contributed by atoms with Gasteiger partial charge < -0.3 is 14.8 Å². The molecule has 1 aliphatic carbocycles. The van der Waals surface area contributed by atoms with E-state index in [0.717, 1.165) is 10.9 Å². The summed E-state index contributed by atoms with van der Waals surface area (Å²) in [5.74, 6) is 0.581. The van der Waals surface area contributed by atoms with Gasteiger partial charge >= 0.3 is 0 Å². The quantitative estimate of drug-likeness (QED) is 0.740. The van der Waals surface area contributed by atoms with Crippen LogP contribution in [0.15, 0.2) is 22.7 Å². The second kappa shape index (κ2) is 9.16. The summed E-state index contributed by atoms with van der Waals surface area (Å²) < 4.78 is 11.8. The van der Waals surface area contributed by atoms with Crippen molar-refractivity contribution in [2.75, 3.05) is 20.3 Å². The Morgan fingerprint density at radius 1 is 1.32 bits per heavy atom. The second-order valence-electron chi connectivity index (χ2n) is 5.59. The van der Waals surface area contributed by atoms with Crippen molar-refractivity contribution in [1.82, 2.24) is 5.32 Å². The van der Waals surface area contributed by atoms with Crippen LogP contribution in [-0.4, -0.2) is 32.3 Å². The largest absolute Gasteiger partial charge is 0.497 e. The van der Waals surface area contributed by atoms with E-state index in [1.807, 2.05) is 12.1 Å². The first-order valence-corrected chi connectivity index (χ1v) is 8.73. The number of hydrogen-bond donors (Lipinski definition) is 1. The summed E-state index contributed by atoms with van der Waals surface area (Å²) in [6, 6.07) is 5.37. The number of carbonyl (C=O) groups is 1. The molecule has 1 N–H and O–H groups in total. The van der Waals surface area contributed by atoms with E-state index in [1.54, 1.807) is 13.2 Å². The molecule has 122 valence electrons. The van der Waals surface area contributed by atoms with Gasteiger partial charge in [-0.15, -0.1) is 0 Å². The summed E-state index contributed by atoms with van der Waals surface area (Å²) in [6.45, 7) is 1.33. The molecule has 1 amide bonds. The summed E-state index contributed by atoms with van der Waals surface area (Å²) in [5.41, 5.74) is 0.590. The second-order valence-corrected chi connectivity index (χ2v) is 6.44. The third-order valence-corrected chi connectivity index (χ3v) is 4.62. The van der Waals surface area contributed by atoms with Gasteiger partial charge in [-0.2, -0.15) is 0 Å². The van der Waals surface area contributed by atoms with Gasteiger partial charge in [-0.3, -0.25) is 4.79 Å². The third kappa shape index (κ3) is 5.29. The zero-order chi connectivity index (χ0) is 15.8. The number of ether oxygens (including phenoxy) is 2. The minimum absolute atomic E-state index is 0.0940. The fourth-order valence-corrected chi connectivity index (χ4v) is 3.08. The molecule has 5 heteroatoms. The van der Waals surface area contributed by atoms with Crippen molar-refractivity contribution in [3.05, 3.63) is 28.2 Å². The lowest BCUT2D eigenvalue weighted by Gasteiger charge is -2.21. The monoisotopic (exact) mass is 369 g/mol. The Morgan fingerprint density at radius 2 is 2.09 bits per heavy atom. The first kappa shape index (κ1) is 17.3. The van der Waals surface area contributed by atoms with E-state index in [-0.39, 0.29) is 5.91 Å². The van der Waals surface area contributed by atoms with Crippen molar-refractivity contribution in [1.29, 1.82) is 0 Å². The average molecular weight is 370 g/mol. The number of amides is 1. The van der Waals surface area contributed by atoms with E-state index in [0.29, 0.717) is 30.6 Å². The van der Waals surface area contributed by atoms with E-state index in [4.69, 9.17) is 9.47 Å². The van der Waals surface area contributed by atoms with Crippen LogP contribution in [0.4, 0.5) is 0 Å². The van der Waals surface area contributed by atoms with Gasteiger partial charge in [0.15, 0.2) is 0 Å². The molecule has 1 aliphatic rings. The molecular weight excluding hydrogens is 346 g/mol. The first-order valence-electron chi connectivity index (χ1n) is 7.94. The van der Waals surface area contributed by atoms with Crippen LogP contribution in [0.2, 0.25) is 0 Å². The van der Waals surface area contributed by atoms with Crippen molar-refractivity contribution in [3.8, 4) is 5.75 Å². The van der Waals surface area contributed by atoms with Gasteiger partial charge in [0, 0.05) is 17.6 Å². The van der Waals surface area contributed by atoms with Crippen LogP contribution in [0.5, 0.6) is 5.75 Å². The molecule has 1 fully saturated rings. The Hall–Kier alpha value is -1.07. The van der Waals surface area contributed by atoms with Gasteiger partial charge in [0.25, 0.3) is 5.91 Å². The standard InChI is InChI=1S/C17H24BrNO3/c1-21-14-8-9-16(18)15(12-14)17(20)19-10-5-11-22-13-6-3-2-4-7-13/h8-9,12-13H,2-7,10-11H2,1H3,(H,19,20). The van der Waals surface area contributed by atoms with Crippen LogP contribution in [0.1, 0.15) is 48.9 Å². The van der Waals surface area contributed by atoms with E-state index in [1.165, 1.54) is 32.1 Å². The lowest BCUT2D eigenvalue weighted by atomic mass is 9.98. The van der Waals surface area contributed by atoms with Crippen LogP contribution in [-0.2, 0) is 4.74 Å². The highest BCUT2D eigenvalue weighted by atomic mass is 79.9. The molecular formula is C17H24BrNO3. The predicted octanol–water partition coefficient (Wildman–Crippen LogP) is 3.93. The summed E-state index contributed by atoms with van der Waals surface area (Å²) >= 11 is 3.39. The highest BCUT2D eigenvalue weighted by molar-refractivity contribution is 9.10. The van der Waals surface area contributed by atoms with E-state index < -0.39 is 0 Å². The smallest absolute Gasteiger partial charge is 0.252 e. The highest BCUT2D eigenvalue weighted by Crippen LogP contribution is 2.22. The Balaban J connectivity index is 1.69. The molecule has 0 spiro atoms. The fraction of sp³-hybridized carbons (Fsp3) is 0.588. The Labute approximate surface area is 140 Å². The van der Waals surface area contributed by atoms with Crippen molar-refractivity contribution in [2.45, 2.75) is 44.6 Å². The normalized spacial score (nSPS) is 15.5. The summed E-state index contributed by atoms with van der Waals surface area (Å²) in [4.78, 5) is 12.2. The maximum Gasteiger partial charge on any atom is 0.252 e. The van der Waals surface area contributed by atoms with E-state index >= 15 is 0 Å². The number of methoxy groups -OCH3 is 1. The number of carbonyl (C=O) groups excluding carboxylic acids is 1. The van der Waals surface area contributed by atoms with E-state index in [9.17, 15) is 4.79 Å². The lowest BCUT2D eigenvalue weighted by Crippen LogP contribution is -2.26. The molecule has 4 nitrogen and oxygen atoms in total. The molecule has 1 aromatic carbocycles. The molecule has 0 aliphatic heterocycles. The molecule has 0 radical (unpaired) electrons. The average Bonchev–Trinajstić information content (AvgIpc) is 2.55. The van der Waals surface area contributed by atoms with Gasteiger partial charge in [0.2, 0.25) is 0 Å². The summed E-state index contributed by atoms with van der Waals surface area (Å²) in [7, 11) is 1.59. The van der Waals surface area contributed by atoms with Gasteiger partial charge in [0.05, 0.1) is 18.8 Å². The van der Waals surface area contributed by atoms with Crippen LogP contribution < -0.4 is 10.1 Å². The van der Waals surface area contributed by atoms with Crippen molar-refractivity contribution in [2.24, 2.45) is 0 Å². The SMILES string of the molecule is COc1ccc(Br)c(C(=O)NCCCOC2CCCCC2)c1. The lowest BCUT2D eigenvalue weighted by molar-refractivity contribution is 0.0273. The fourth-order valence-electron chi connectivity index (χ4n) is 2.66. The minimum Gasteiger partial charge on any atom is -0.497 e. The predicted molar refractivity (Wildman–Crippen MR) is 90.5 cm³/mol. The van der Waals surface area contributed by atoms with Crippen LogP contribution in [0, 0.1) is 0 Å². The molecule has 1 saturated carbocycles. The van der Waals surface area contributed by atoms with Crippen molar-refractivity contribution < 1.29 is 14.3 Å². The first-order chi connectivity index (χ1) is 10.7. The molecule has 0 atom stereocenters. The number of halogens is 1. The van der Waals surface area contributed by atoms with Gasteiger partial charge in [-0.05, 0) is 53.4 Å². The topological polar surface area (TPSA) is 47.6 Å². The molecule has 0 heterocycles. The molecule has 0 unspecified atom stereocenters. The maximum atomic E-state index is 12.2. The van der Waals surface area contributed by atoms with Crippen molar-refractivity contribution >= 4 is 21.8 Å².